The lowest BCUT2D eigenvalue weighted by Gasteiger charge is -2.50. The van der Waals surface area contributed by atoms with Crippen molar-refractivity contribution in [1.29, 1.82) is 0 Å². The molecule has 2 aromatic rings. The molecule has 6 rings (SSSR count). The molecule has 3 unspecified atom stereocenters. The lowest BCUT2D eigenvalue weighted by atomic mass is 9.53. The van der Waals surface area contributed by atoms with Gasteiger partial charge < -0.3 is 21.1 Å². The summed E-state index contributed by atoms with van der Waals surface area (Å²) >= 11 is 12.5. The molecule has 1 aromatic carbocycles. The van der Waals surface area contributed by atoms with E-state index >= 15 is 4.39 Å². The summed E-state index contributed by atoms with van der Waals surface area (Å²) in [6.07, 6.45) is 4.31. The molecule has 232 valence electrons. The number of aromatic nitrogens is 1. The van der Waals surface area contributed by atoms with Gasteiger partial charge in [-0.3, -0.25) is 19.7 Å². The molecule has 9 nitrogen and oxygen atoms in total. The SMILES string of the molecule is CC1(C)CCC2(CC1)NC(C(=O)N[C@@H]1CC[C@@H](C(N)=O)OC1)C(c1ccnc(Cl)c1F)C21C(=O)Nc2cc(Cl)ccc21.Cl. The third-order valence-electron chi connectivity index (χ3n) is 9.89. The first-order valence-electron chi connectivity index (χ1n) is 14.3. The number of benzene rings is 1. The van der Waals surface area contributed by atoms with Crippen molar-refractivity contribution in [3.05, 3.63) is 57.6 Å². The number of nitrogens with zero attached hydrogens (tertiary/aromatic N) is 1. The van der Waals surface area contributed by atoms with Gasteiger partial charge in [0.1, 0.15) is 11.5 Å². The maximum Gasteiger partial charge on any atom is 0.246 e. The van der Waals surface area contributed by atoms with Crippen LogP contribution >= 0.6 is 35.6 Å². The van der Waals surface area contributed by atoms with Crippen LogP contribution in [0.5, 0.6) is 0 Å². The minimum atomic E-state index is -1.35. The van der Waals surface area contributed by atoms with Crippen LogP contribution in [-0.2, 0) is 24.5 Å². The van der Waals surface area contributed by atoms with E-state index in [4.69, 9.17) is 33.7 Å². The van der Waals surface area contributed by atoms with Gasteiger partial charge in [-0.05, 0) is 73.3 Å². The molecule has 3 fully saturated rings. The first kappa shape index (κ1) is 31.9. The molecule has 5 atom stereocenters. The predicted molar refractivity (Wildman–Crippen MR) is 163 cm³/mol. The highest BCUT2D eigenvalue weighted by Gasteiger charge is 2.73. The van der Waals surface area contributed by atoms with Gasteiger partial charge in [0.05, 0.1) is 18.7 Å². The number of amides is 3. The Kier molecular flexibility index (Phi) is 8.50. The van der Waals surface area contributed by atoms with Crippen molar-refractivity contribution in [1.82, 2.24) is 15.6 Å². The van der Waals surface area contributed by atoms with E-state index in [1.54, 1.807) is 12.1 Å². The van der Waals surface area contributed by atoms with E-state index < -0.39 is 46.6 Å². The summed E-state index contributed by atoms with van der Waals surface area (Å²) in [5.74, 6) is -2.99. The van der Waals surface area contributed by atoms with Crippen LogP contribution in [0.3, 0.4) is 0 Å². The van der Waals surface area contributed by atoms with Gasteiger partial charge >= 0.3 is 0 Å². The second kappa shape index (κ2) is 11.5. The molecule has 1 saturated carbocycles. The number of fused-ring (bicyclic) bond motifs is 3. The molecule has 5 N–H and O–H groups in total. The maximum absolute atomic E-state index is 16.0. The van der Waals surface area contributed by atoms with Crippen molar-refractivity contribution in [3.8, 4) is 0 Å². The van der Waals surface area contributed by atoms with Gasteiger partial charge in [-0.15, -0.1) is 12.4 Å². The molecule has 43 heavy (non-hydrogen) atoms. The fourth-order valence-corrected chi connectivity index (χ4v) is 8.05. The van der Waals surface area contributed by atoms with Crippen molar-refractivity contribution in [2.75, 3.05) is 11.9 Å². The number of anilines is 1. The highest BCUT2D eigenvalue weighted by molar-refractivity contribution is 6.31. The summed E-state index contributed by atoms with van der Waals surface area (Å²) in [7, 11) is 0. The van der Waals surface area contributed by atoms with E-state index in [1.165, 1.54) is 12.3 Å². The quantitative estimate of drug-likeness (QED) is 0.362. The van der Waals surface area contributed by atoms with E-state index in [9.17, 15) is 14.4 Å². The smallest absolute Gasteiger partial charge is 0.246 e. The number of nitrogens with two attached hydrogens (primary N) is 1. The number of rotatable bonds is 4. The van der Waals surface area contributed by atoms with Crippen LogP contribution in [0.2, 0.25) is 10.2 Å². The summed E-state index contributed by atoms with van der Waals surface area (Å²) in [5.41, 5.74) is 4.54. The summed E-state index contributed by atoms with van der Waals surface area (Å²) in [5, 5.41) is 9.81. The van der Waals surface area contributed by atoms with Gasteiger partial charge in [-0.1, -0.05) is 43.1 Å². The Labute approximate surface area is 265 Å². The van der Waals surface area contributed by atoms with Crippen LogP contribution in [0.4, 0.5) is 10.1 Å². The number of carbonyl (C=O) groups excluding carboxylic acids is 3. The van der Waals surface area contributed by atoms with Crippen molar-refractivity contribution in [2.24, 2.45) is 11.1 Å². The number of nitrogens with one attached hydrogen (secondary N) is 3. The summed E-state index contributed by atoms with van der Waals surface area (Å²) < 4.78 is 21.6. The number of hydrogen-bond donors (Lipinski definition) is 4. The van der Waals surface area contributed by atoms with Gasteiger partial charge in [-0.25, -0.2) is 9.37 Å². The number of halogens is 4. The third-order valence-corrected chi connectivity index (χ3v) is 10.4. The van der Waals surface area contributed by atoms with Crippen LogP contribution in [-0.4, -0.2) is 53.0 Å². The van der Waals surface area contributed by atoms with Crippen LogP contribution < -0.4 is 21.7 Å². The molecular weight excluding hydrogens is 620 g/mol. The lowest BCUT2D eigenvalue weighted by Crippen LogP contribution is -2.61. The van der Waals surface area contributed by atoms with Gasteiger partial charge in [0.25, 0.3) is 0 Å². The molecule has 2 saturated heterocycles. The number of ether oxygens (including phenoxy) is 1. The van der Waals surface area contributed by atoms with E-state index in [2.05, 4.69) is 34.8 Å². The highest BCUT2D eigenvalue weighted by atomic mass is 35.5. The largest absolute Gasteiger partial charge is 0.367 e. The third kappa shape index (κ3) is 5.09. The van der Waals surface area contributed by atoms with E-state index in [-0.39, 0.29) is 47.1 Å². The lowest BCUT2D eigenvalue weighted by molar-refractivity contribution is -0.134. The first-order valence-corrected chi connectivity index (χ1v) is 15.0. The zero-order chi connectivity index (χ0) is 30.0. The molecule has 3 amide bonds. The zero-order valence-electron chi connectivity index (χ0n) is 23.8. The monoisotopic (exact) mass is 653 g/mol. The molecule has 4 heterocycles. The standard InChI is InChI=1S/C30H34Cl2FN5O4.ClH/c1-28(2)8-10-29(11-9-28)30(18-5-3-15(31)13-19(18)37-27(30)41)21(17-7-12-35-24(32)22(17)33)23(38-29)26(40)36-16-4-6-20(25(34)39)42-14-16;/h3,5,7,12-13,16,20-21,23,38H,4,6,8-11,14H2,1-2H3,(H2,34,39)(H,36,40)(H,37,41);1H/t16-,20+,21?,23?,30?;/m1./s1. The number of primary amides is 1. The van der Waals surface area contributed by atoms with Crippen LogP contribution in [0.25, 0.3) is 0 Å². The molecule has 0 bridgehead atoms. The van der Waals surface area contributed by atoms with Gasteiger partial charge in [0.2, 0.25) is 17.7 Å². The maximum atomic E-state index is 16.0. The van der Waals surface area contributed by atoms with E-state index in [0.29, 0.717) is 42.0 Å². The minimum absolute atomic E-state index is 0. The zero-order valence-corrected chi connectivity index (χ0v) is 26.2. The van der Waals surface area contributed by atoms with Gasteiger partial charge in [-0.2, -0.15) is 0 Å². The normalized spacial score (nSPS) is 30.4. The summed E-state index contributed by atoms with van der Waals surface area (Å²) in [6, 6.07) is 5.34. The average Bonchev–Trinajstić information content (AvgIpc) is 3.40. The molecule has 0 radical (unpaired) electrons. The molecule has 3 aliphatic heterocycles. The summed E-state index contributed by atoms with van der Waals surface area (Å²) in [4.78, 5) is 44.2. The van der Waals surface area contributed by atoms with E-state index in [1.807, 2.05) is 6.07 Å². The first-order chi connectivity index (χ1) is 19.9. The molecule has 1 aliphatic carbocycles. The predicted octanol–water partition coefficient (Wildman–Crippen LogP) is 4.38. The number of carbonyl (C=O) groups is 3. The Morgan fingerprint density at radius 1 is 1.14 bits per heavy atom. The fourth-order valence-electron chi connectivity index (χ4n) is 7.71. The van der Waals surface area contributed by atoms with Crippen molar-refractivity contribution in [2.45, 2.75) is 87.4 Å². The minimum Gasteiger partial charge on any atom is -0.367 e. The van der Waals surface area contributed by atoms with Crippen molar-refractivity contribution < 1.29 is 23.5 Å². The molecule has 1 aromatic heterocycles. The highest BCUT2D eigenvalue weighted by Crippen LogP contribution is 2.64. The van der Waals surface area contributed by atoms with Crippen LogP contribution in [0.1, 0.15) is 69.4 Å². The van der Waals surface area contributed by atoms with E-state index in [0.717, 1.165) is 12.8 Å². The van der Waals surface area contributed by atoms with Crippen molar-refractivity contribution >= 4 is 59.0 Å². The van der Waals surface area contributed by atoms with Crippen molar-refractivity contribution in [3.63, 3.8) is 0 Å². The molecule has 4 aliphatic rings. The molecule has 2 spiro atoms. The average molecular weight is 655 g/mol. The Hall–Kier alpha value is -2.50. The Morgan fingerprint density at radius 2 is 1.86 bits per heavy atom. The topological polar surface area (TPSA) is 135 Å². The van der Waals surface area contributed by atoms with Gasteiger partial charge in [0.15, 0.2) is 11.0 Å². The van der Waals surface area contributed by atoms with Crippen LogP contribution in [0, 0.1) is 11.2 Å². The molecule has 13 heteroatoms. The number of pyridine rings is 1. The Morgan fingerprint density at radius 3 is 2.51 bits per heavy atom. The second-order valence-corrected chi connectivity index (χ2v) is 13.6. The second-order valence-electron chi connectivity index (χ2n) is 12.8. The fraction of sp³-hybridized carbons (Fsp3) is 0.533. The van der Waals surface area contributed by atoms with Gasteiger partial charge in [0, 0.05) is 28.4 Å². The number of hydrogen-bond acceptors (Lipinski definition) is 6. The van der Waals surface area contributed by atoms with Crippen LogP contribution in [0.15, 0.2) is 30.5 Å². The Balaban J connectivity index is 0.00000368. The Bertz CT molecular complexity index is 1460. The summed E-state index contributed by atoms with van der Waals surface area (Å²) in [6.45, 7) is 4.49. The molecular formula is C30H35Cl3FN5O4.